The predicted molar refractivity (Wildman–Crippen MR) is 108 cm³/mol. The number of nitrogens with one attached hydrogen (secondary N) is 2. The number of aromatic nitrogens is 5. The normalized spacial score (nSPS) is 11.1. The molecule has 2 heterocycles. The Labute approximate surface area is 170 Å². The van der Waals surface area contributed by atoms with Crippen molar-refractivity contribution < 1.29 is 9.18 Å². The molecule has 0 spiro atoms. The number of fused-ring (bicyclic) bond motifs is 1. The van der Waals surface area contributed by atoms with Crippen LogP contribution in [0.2, 0.25) is 5.02 Å². The molecule has 29 heavy (non-hydrogen) atoms. The Balaban J connectivity index is 1.48. The molecule has 0 saturated heterocycles. The molecule has 4 aromatic rings. The first-order valence-electron chi connectivity index (χ1n) is 9.12. The molecule has 1 amide bonds. The van der Waals surface area contributed by atoms with Gasteiger partial charge in [-0.2, -0.15) is 10.2 Å². The second kappa shape index (κ2) is 8.00. The van der Waals surface area contributed by atoms with E-state index in [0.717, 1.165) is 16.5 Å². The van der Waals surface area contributed by atoms with Gasteiger partial charge in [0.25, 0.3) is 0 Å². The summed E-state index contributed by atoms with van der Waals surface area (Å²) in [6, 6.07) is 10.2. The Hall–Kier alpha value is -3.26. The van der Waals surface area contributed by atoms with Crippen molar-refractivity contribution in [3.05, 3.63) is 64.8 Å². The molecule has 0 bridgehead atoms. The number of carbonyl (C=O) groups is 1. The van der Waals surface area contributed by atoms with Gasteiger partial charge in [-0.15, -0.1) is 0 Å². The van der Waals surface area contributed by atoms with Crippen LogP contribution in [0.5, 0.6) is 0 Å². The highest BCUT2D eigenvalue weighted by Crippen LogP contribution is 2.22. The van der Waals surface area contributed by atoms with Crippen molar-refractivity contribution in [3.63, 3.8) is 0 Å². The minimum atomic E-state index is -0.538. The summed E-state index contributed by atoms with van der Waals surface area (Å²) in [5.74, 6) is 0.143. The van der Waals surface area contributed by atoms with Crippen molar-refractivity contribution in [3.8, 4) is 11.4 Å². The van der Waals surface area contributed by atoms with Crippen LogP contribution < -0.4 is 5.32 Å². The molecule has 0 radical (unpaired) electrons. The predicted octanol–water partition coefficient (Wildman–Crippen LogP) is 3.49. The fraction of sp³-hybridized carbons (Fsp3) is 0.200. The van der Waals surface area contributed by atoms with Crippen LogP contribution >= 0.6 is 11.6 Å². The second-order valence-electron chi connectivity index (χ2n) is 6.50. The molecule has 0 aliphatic heterocycles. The summed E-state index contributed by atoms with van der Waals surface area (Å²) in [5, 5.41) is 15.3. The lowest BCUT2D eigenvalue weighted by molar-refractivity contribution is -0.120. The maximum atomic E-state index is 13.7. The van der Waals surface area contributed by atoms with E-state index in [1.165, 1.54) is 12.1 Å². The highest BCUT2D eigenvalue weighted by atomic mass is 35.5. The Morgan fingerprint density at radius 1 is 1.31 bits per heavy atom. The average Bonchev–Trinajstić information content (AvgIpc) is 3.35. The number of H-pyrrole nitrogens is 1. The summed E-state index contributed by atoms with van der Waals surface area (Å²) in [7, 11) is 0. The number of hydrogen-bond acceptors (Lipinski definition) is 4. The smallest absolute Gasteiger partial charge is 0.227 e. The van der Waals surface area contributed by atoms with Crippen LogP contribution in [-0.2, 0) is 24.3 Å². The van der Waals surface area contributed by atoms with E-state index < -0.39 is 5.82 Å². The summed E-state index contributed by atoms with van der Waals surface area (Å²) in [4.78, 5) is 16.9. The number of carbonyl (C=O) groups excluding carboxylic acids is 1. The van der Waals surface area contributed by atoms with Gasteiger partial charge in [0.1, 0.15) is 11.6 Å². The summed E-state index contributed by atoms with van der Waals surface area (Å²) >= 11 is 5.73. The Morgan fingerprint density at radius 2 is 2.17 bits per heavy atom. The van der Waals surface area contributed by atoms with Crippen LogP contribution in [0.3, 0.4) is 0 Å². The zero-order valence-electron chi connectivity index (χ0n) is 15.6. The second-order valence-corrected chi connectivity index (χ2v) is 6.91. The molecule has 0 unspecified atom stereocenters. The van der Waals surface area contributed by atoms with Crippen LogP contribution in [0.4, 0.5) is 4.39 Å². The number of amides is 1. The lowest BCUT2D eigenvalue weighted by Crippen LogP contribution is -2.26. The maximum absolute atomic E-state index is 13.7. The van der Waals surface area contributed by atoms with Crippen LogP contribution in [-0.4, -0.2) is 30.9 Å². The van der Waals surface area contributed by atoms with Crippen LogP contribution in [0.25, 0.3) is 22.3 Å². The number of rotatable bonds is 6. The van der Waals surface area contributed by atoms with E-state index >= 15 is 0 Å². The number of halogens is 2. The van der Waals surface area contributed by atoms with Gasteiger partial charge in [0.05, 0.1) is 23.2 Å². The third kappa shape index (κ3) is 3.97. The van der Waals surface area contributed by atoms with Crippen LogP contribution in [0, 0.1) is 5.82 Å². The highest BCUT2D eigenvalue weighted by molar-refractivity contribution is 6.30. The summed E-state index contributed by atoms with van der Waals surface area (Å²) < 4.78 is 15.4. The molecule has 7 nitrogen and oxygen atoms in total. The van der Waals surface area contributed by atoms with E-state index in [9.17, 15) is 9.18 Å². The molecule has 0 aliphatic carbocycles. The molecule has 2 N–H and O–H groups in total. The van der Waals surface area contributed by atoms with Crippen molar-refractivity contribution in [1.29, 1.82) is 0 Å². The van der Waals surface area contributed by atoms with Gasteiger partial charge < -0.3 is 5.32 Å². The van der Waals surface area contributed by atoms with E-state index in [4.69, 9.17) is 11.6 Å². The first-order valence-corrected chi connectivity index (χ1v) is 9.49. The Morgan fingerprint density at radius 3 is 2.97 bits per heavy atom. The lowest BCUT2D eigenvalue weighted by atomic mass is 10.1. The van der Waals surface area contributed by atoms with Gasteiger partial charge >= 0.3 is 0 Å². The van der Waals surface area contributed by atoms with E-state index in [-0.39, 0.29) is 17.4 Å². The molecule has 4 rings (SSSR count). The van der Waals surface area contributed by atoms with Crippen molar-refractivity contribution in [2.45, 2.75) is 26.4 Å². The monoisotopic (exact) mass is 412 g/mol. The summed E-state index contributed by atoms with van der Waals surface area (Å²) in [5.41, 5.74) is 2.35. The maximum Gasteiger partial charge on any atom is 0.227 e. The molecule has 9 heteroatoms. The molecule has 2 aromatic heterocycles. The van der Waals surface area contributed by atoms with Gasteiger partial charge in [0.2, 0.25) is 5.91 Å². The fourth-order valence-corrected chi connectivity index (χ4v) is 3.21. The van der Waals surface area contributed by atoms with E-state index in [1.54, 1.807) is 16.9 Å². The molecule has 2 aromatic carbocycles. The molecule has 148 valence electrons. The number of aryl methyl sites for hydroxylation is 1. The largest absolute Gasteiger partial charge is 0.352 e. The topological polar surface area (TPSA) is 88.5 Å². The van der Waals surface area contributed by atoms with Gasteiger partial charge in [-0.1, -0.05) is 29.8 Å². The van der Waals surface area contributed by atoms with Gasteiger partial charge in [-0.05, 0) is 30.7 Å². The lowest BCUT2D eigenvalue weighted by Gasteiger charge is -2.06. The molecule has 0 aliphatic rings. The van der Waals surface area contributed by atoms with Gasteiger partial charge in [-0.25, -0.2) is 14.1 Å². The molecule has 0 atom stereocenters. The third-order valence-electron chi connectivity index (χ3n) is 4.58. The average molecular weight is 413 g/mol. The van der Waals surface area contributed by atoms with Gasteiger partial charge in [0, 0.05) is 24.0 Å². The van der Waals surface area contributed by atoms with Gasteiger partial charge in [-0.3, -0.25) is 9.89 Å². The van der Waals surface area contributed by atoms with Crippen LogP contribution in [0.15, 0.2) is 42.6 Å². The Bertz CT molecular complexity index is 1180. The number of aromatic amines is 1. The minimum Gasteiger partial charge on any atom is -0.352 e. The van der Waals surface area contributed by atoms with Crippen molar-refractivity contribution >= 4 is 28.4 Å². The number of benzene rings is 2. The standard InChI is InChI=1S/C20H18ClFN6O/c1-2-28-17(25-20(27-28)12-6-7-15(21)16(22)8-12)9-18(29)23-10-13-4-3-5-14-11-24-26-19(13)14/h3-8,11H,2,9-10H2,1H3,(H,23,29)(H,24,26). The van der Waals surface area contributed by atoms with Gasteiger partial charge in [0.15, 0.2) is 5.82 Å². The molecular weight excluding hydrogens is 395 g/mol. The minimum absolute atomic E-state index is 0.0376. The van der Waals surface area contributed by atoms with Crippen molar-refractivity contribution in [2.24, 2.45) is 0 Å². The summed E-state index contributed by atoms with van der Waals surface area (Å²) in [6.07, 6.45) is 1.81. The van der Waals surface area contributed by atoms with E-state index in [0.29, 0.717) is 30.3 Å². The molecule has 0 saturated carbocycles. The molecular formula is C20H18ClFN6O. The first-order chi connectivity index (χ1) is 14.0. The van der Waals surface area contributed by atoms with Crippen molar-refractivity contribution in [1.82, 2.24) is 30.3 Å². The zero-order valence-corrected chi connectivity index (χ0v) is 16.4. The quantitative estimate of drug-likeness (QED) is 0.507. The zero-order chi connectivity index (χ0) is 20.4. The Kier molecular flexibility index (Phi) is 5.26. The first kappa shape index (κ1) is 19.1. The highest BCUT2D eigenvalue weighted by Gasteiger charge is 2.15. The number of nitrogens with zero attached hydrogens (tertiary/aromatic N) is 4. The molecule has 0 fully saturated rings. The van der Waals surface area contributed by atoms with Crippen LogP contribution in [0.1, 0.15) is 18.3 Å². The SMILES string of the molecule is CCn1nc(-c2ccc(Cl)c(F)c2)nc1CC(=O)NCc1cccc2cn[nH]c12. The van der Waals surface area contributed by atoms with Crippen molar-refractivity contribution in [2.75, 3.05) is 0 Å². The number of hydrogen-bond donors (Lipinski definition) is 2. The summed E-state index contributed by atoms with van der Waals surface area (Å²) in [6.45, 7) is 2.81. The fourth-order valence-electron chi connectivity index (χ4n) is 3.09. The third-order valence-corrected chi connectivity index (χ3v) is 4.89. The van der Waals surface area contributed by atoms with E-state index in [2.05, 4.69) is 25.6 Å². The number of para-hydroxylation sites is 1. The van der Waals surface area contributed by atoms with E-state index in [1.807, 2.05) is 25.1 Å².